The fourth-order valence-electron chi connectivity index (χ4n) is 2.39. The summed E-state index contributed by atoms with van der Waals surface area (Å²) in [5.74, 6) is 0.257. The number of amides is 1. The maximum absolute atomic E-state index is 12.1. The van der Waals surface area contributed by atoms with E-state index in [9.17, 15) is 9.59 Å². The van der Waals surface area contributed by atoms with Gasteiger partial charge in [0.05, 0.1) is 13.2 Å². The number of ether oxygens (including phenoxy) is 2. The molecule has 0 aromatic carbocycles. The highest BCUT2D eigenvalue weighted by atomic mass is 16.6. The fourth-order valence-corrected chi connectivity index (χ4v) is 2.39. The molecule has 132 valence electrons. The highest BCUT2D eigenvalue weighted by Gasteiger charge is 2.35. The molecular formula is C17H25N3O4. The van der Waals surface area contributed by atoms with Crippen molar-refractivity contribution in [3.05, 3.63) is 23.4 Å². The lowest BCUT2D eigenvalue weighted by atomic mass is 10.1. The lowest BCUT2D eigenvalue weighted by molar-refractivity contribution is 0.0196. The Balaban J connectivity index is 2.00. The maximum atomic E-state index is 12.1. The first-order chi connectivity index (χ1) is 11.1. The van der Waals surface area contributed by atoms with Crippen LogP contribution >= 0.6 is 0 Å². The SMILES string of the molecule is COC(=O)c1cc(C)cc(N2CC(N(C)C(=O)OC(C)(C)C)C2)n1. The summed E-state index contributed by atoms with van der Waals surface area (Å²) < 4.78 is 10.1. The molecule has 2 rings (SSSR count). The van der Waals surface area contributed by atoms with Gasteiger partial charge in [-0.25, -0.2) is 14.6 Å². The number of nitrogens with zero attached hydrogens (tertiary/aromatic N) is 3. The molecule has 0 saturated carbocycles. The largest absolute Gasteiger partial charge is 0.464 e. The smallest absolute Gasteiger partial charge is 0.410 e. The maximum Gasteiger partial charge on any atom is 0.410 e. The molecule has 0 spiro atoms. The number of carbonyl (C=O) groups is 2. The number of anilines is 1. The monoisotopic (exact) mass is 335 g/mol. The summed E-state index contributed by atoms with van der Waals surface area (Å²) in [6, 6.07) is 3.67. The predicted molar refractivity (Wildman–Crippen MR) is 90.3 cm³/mol. The lowest BCUT2D eigenvalue weighted by Crippen LogP contribution is -2.60. The Hall–Kier alpha value is -2.31. The lowest BCUT2D eigenvalue weighted by Gasteiger charge is -2.44. The van der Waals surface area contributed by atoms with E-state index in [4.69, 9.17) is 9.47 Å². The number of esters is 1. The standard InChI is InChI=1S/C17H25N3O4/c1-11-7-13(15(21)23-6)18-14(8-11)20-9-12(10-20)19(5)16(22)24-17(2,3)4/h7-8,12H,9-10H2,1-6H3. The van der Waals surface area contributed by atoms with Gasteiger partial charge in [-0.15, -0.1) is 0 Å². The average molecular weight is 335 g/mol. The van der Waals surface area contributed by atoms with Crippen LogP contribution in [0.15, 0.2) is 12.1 Å². The summed E-state index contributed by atoms with van der Waals surface area (Å²) in [7, 11) is 3.07. The summed E-state index contributed by atoms with van der Waals surface area (Å²) in [6.07, 6.45) is -0.334. The second-order valence-electron chi connectivity index (χ2n) is 7.03. The fraction of sp³-hybridized carbons (Fsp3) is 0.588. The number of aryl methyl sites for hydroxylation is 1. The van der Waals surface area contributed by atoms with Crippen molar-refractivity contribution < 1.29 is 19.1 Å². The molecule has 0 atom stereocenters. The number of hydrogen-bond acceptors (Lipinski definition) is 6. The normalized spacial score (nSPS) is 14.8. The Kier molecular flexibility index (Phi) is 5.01. The van der Waals surface area contributed by atoms with Gasteiger partial charge >= 0.3 is 12.1 Å². The molecule has 0 radical (unpaired) electrons. The van der Waals surface area contributed by atoms with Gasteiger partial charge in [0.15, 0.2) is 5.69 Å². The quantitative estimate of drug-likeness (QED) is 0.789. The molecule has 7 heteroatoms. The topological polar surface area (TPSA) is 72.0 Å². The molecule has 1 aromatic rings. The molecular weight excluding hydrogens is 310 g/mol. The van der Waals surface area contributed by atoms with E-state index in [1.807, 2.05) is 38.7 Å². The van der Waals surface area contributed by atoms with Gasteiger partial charge in [0.2, 0.25) is 0 Å². The summed E-state index contributed by atoms with van der Waals surface area (Å²) in [5.41, 5.74) is 0.711. The van der Waals surface area contributed by atoms with E-state index in [-0.39, 0.29) is 17.8 Å². The first kappa shape index (κ1) is 18.0. The van der Waals surface area contributed by atoms with E-state index in [0.29, 0.717) is 18.9 Å². The highest BCUT2D eigenvalue weighted by Crippen LogP contribution is 2.24. The van der Waals surface area contributed by atoms with Crippen LogP contribution in [0.5, 0.6) is 0 Å². The minimum Gasteiger partial charge on any atom is -0.464 e. The van der Waals surface area contributed by atoms with Crippen LogP contribution < -0.4 is 4.90 Å². The number of hydrogen-bond donors (Lipinski definition) is 0. The second-order valence-corrected chi connectivity index (χ2v) is 7.03. The van der Waals surface area contributed by atoms with Gasteiger partial charge in [-0.2, -0.15) is 0 Å². The highest BCUT2D eigenvalue weighted by molar-refractivity contribution is 5.87. The van der Waals surface area contributed by atoms with Gasteiger partial charge in [-0.1, -0.05) is 0 Å². The zero-order valence-corrected chi connectivity index (χ0v) is 15.1. The molecule has 1 amide bonds. The van der Waals surface area contributed by atoms with E-state index >= 15 is 0 Å². The van der Waals surface area contributed by atoms with Crippen molar-refractivity contribution in [2.75, 3.05) is 32.1 Å². The number of likely N-dealkylation sites (N-methyl/N-ethyl adjacent to an activating group) is 1. The van der Waals surface area contributed by atoms with Crippen LogP contribution in [-0.2, 0) is 9.47 Å². The van der Waals surface area contributed by atoms with E-state index < -0.39 is 11.6 Å². The molecule has 7 nitrogen and oxygen atoms in total. The van der Waals surface area contributed by atoms with Crippen LogP contribution in [-0.4, -0.2) is 60.8 Å². The molecule has 0 unspecified atom stereocenters. The van der Waals surface area contributed by atoms with E-state index in [1.165, 1.54) is 7.11 Å². The van der Waals surface area contributed by atoms with Crippen LogP contribution in [0.3, 0.4) is 0 Å². The minimum atomic E-state index is -0.512. The van der Waals surface area contributed by atoms with Crippen molar-refractivity contribution in [2.45, 2.75) is 39.3 Å². The molecule has 1 saturated heterocycles. The van der Waals surface area contributed by atoms with Crippen molar-refractivity contribution in [3.8, 4) is 0 Å². The molecule has 1 fully saturated rings. The predicted octanol–water partition coefficient (Wildman–Crippen LogP) is 2.23. The van der Waals surface area contributed by atoms with Crippen LogP contribution in [0, 0.1) is 6.92 Å². The van der Waals surface area contributed by atoms with Crippen LogP contribution in [0.2, 0.25) is 0 Å². The van der Waals surface area contributed by atoms with Crippen molar-refractivity contribution in [1.82, 2.24) is 9.88 Å². The Morgan fingerprint density at radius 2 is 1.92 bits per heavy atom. The van der Waals surface area contributed by atoms with Gasteiger partial charge in [0.1, 0.15) is 11.4 Å². The third-order valence-corrected chi connectivity index (χ3v) is 3.77. The molecule has 1 aliphatic rings. The van der Waals surface area contributed by atoms with Crippen molar-refractivity contribution >= 4 is 17.9 Å². The average Bonchev–Trinajstić information content (AvgIpc) is 2.42. The number of rotatable bonds is 3. The number of pyridine rings is 1. The summed E-state index contributed by atoms with van der Waals surface area (Å²) in [5, 5.41) is 0. The molecule has 2 heterocycles. The first-order valence-electron chi connectivity index (χ1n) is 7.88. The molecule has 0 bridgehead atoms. The number of carbonyl (C=O) groups excluding carboxylic acids is 2. The van der Waals surface area contributed by atoms with Gasteiger partial charge in [0.25, 0.3) is 0 Å². The third kappa shape index (κ3) is 4.15. The number of methoxy groups -OCH3 is 1. The molecule has 0 aliphatic carbocycles. The van der Waals surface area contributed by atoms with Crippen molar-refractivity contribution in [3.63, 3.8) is 0 Å². The molecule has 0 N–H and O–H groups in total. The summed E-state index contributed by atoms with van der Waals surface area (Å²) >= 11 is 0. The zero-order valence-electron chi connectivity index (χ0n) is 15.1. The molecule has 1 aromatic heterocycles. The van der Waals surface area contributed by atoms with E-state index in [2.05, 4.69) is 4.98 Å². The summed E-state index contributed by atoms with van der Waals surface area (Å²) in [6.45, 7) is 8.73. The molecule has 24 heavy (non-hydrogen) atoms. The summed E-state index contributed by atoms with van der Waals surface area (Å²) in [4.78, 5) is 31.7. The van der Waals surface area contributed by atoms with Crippen molar-refractivity contribution in [2.24, 2.45) is 0 Å². The number of aromatic nitrogens is 1. The Morgan fingerprint density at radius 3 is 2.46 bits per heavy atom. The zero-order chi connectivity index (χ0) is 18.1. The van der Waals surface area contributed by atoms with Gasteiger partial charge in [-0.3, -0.25) is 0 Å². The first-order valence-corrected chi connectivity index (χ1v) is 7.88. The van der Waals surface area contributed by atoms with E-state index in [0.717, 1.165) is 5.56 Å². The van der Waals surface area contributed by atoms with Crippen LogP contribution in [0.25, 0.3) is 0 Å². The minimum absolute atomic E-state index is 0.0590. The molecule has 1 aliphatic heterocycles. The van der Waals surface area contributed by atoms with Crippen LogP contribution in [0.1, 0.15) is 36.8 Å². The van der Waals surface area contributed by atoms with E-state index in [1.54, 1.807) is 18.0 Å². The van der Waals surface area contributed by atoms with Crippen molar-refractivity contribution in [1.29, 1.82) is 0 Å². The Morgan fingerprint density at radius 1 is 1.29 bits per heavy atom. The van der Waals surface area contributed by atoms with Gasteiger partial charge in [0, 0.05) is 20.1 Å². The third-order valence-electron chi connectivity index (χ3n) is 3.77. The Labute approximate surface area is 142 Å². The van der Waals surface area contributed by atoms with Gasteiger partial charge < -0.3 is 19.3 Å². The van der Waals surface area contributed by atoms with Crippen LogP contribution in [0.4, 0.5) is 10.6 Å². The van der Waals surface area contributed by atoms with Gasteiger partial charge in [-0.05, 0) is 45.4 Å². The second kappa shape index (κ2) is 6.67. The Bertz CT molecular complexity index is 633.